The molecule has 41 heavy (non-hydrogen) atoms. The number of carbonyl (C=O) groups is 3. The molecule has 7 nitrogen and oxygen atoms in total. The lowest BCUT2D eigenvalue weighted by atomic mass is 9.66. The van der Waals surface area contributed by atoms with E-state index in [-0.39, 0.29) is 54.6 Å². The van der Waals surface area contributed by atoms with Crippen LogP contribution in [0.15, 0.2) is 67.8 Å². The first-order valence-corrected chi connectivity index (χ1v) is 15.4. The summed E-state index contributed by atoms with van der Waals surface area (Å²) in [5, 5.41) is 12.5. The maximum Gasteiger partial charge on any atom is 0.310 e. The Morgan fingerprint density at radius 1 is 1.20 bits per heavy atom. The molecule has 2 bridgehead atoms. The van der Waals surface area contributed by atoms with Crippen molar-refractivity contribution < 1.29 is 24.2 Å². The van der Waals surface area contributed by atoms with E-state index in [1.54, 1.807) is 33.7 Å². The van der Waals surface area contributed by atoms with Crippen LogP contribution in [0.2, 0.25) is 0 Å². The van der Waals surface area contributed by atoms with Gasteiger partial charge in [-0.3, -0.25) is 14.4 Å². The van der Waals surface area contributed by atoms with Crippen LogP contribution in [0, 0.1) is 23.7 Å². The van der Waals surface area contributed by atoms with Crippen LogP contribution < -0.4 is 4.90 Å². The number of hydrogen-bond donors (Lipinski definition) is 1. The van der Waals surface area contributed by atoms with Crippen molar-refractivity contribution in [3.63, 3.8) is 0 Å². The van der Waals surface area contributed by atoms with Gasteiger partial charge in [0.1, 0.15) is 6.04 Å². The Labute approximate surface area is 246 Å². The number of aliphatic hydroxyl groups is 1. The smallest absolute Gasteiger partial charge is 0.310 e. The predicted octanol–water partition coefficient (Wildman–Crippen LogP) is 4.83. The van der Waals surface area contributed by atoms with Gasteiger partial charge in [-0.1, -0.05) is 63.3 Å². The summed E-state index contributed by atoms with van der Waals surface area (Å²) >= 11 is 1.61. The van der Waals surface area contributed by atoms with Gasteiger partial charge in [0, 0.05) is 17.5 Å². The maximum absolute atomic E-state index is 14.9. The summed E-state index contributed by atoms with van der Waals surface area (Å²) in [6.07, 6.45) is 4.64. The van der Waals surface area contributed by atoms with Gasteiger partial charge in [-0.2, -0.15) is 0 Å². The predicted molar refractivity (Wildman–Crippen MR) is 163 cm³/mol. The van der Waals surface area contributed by atoms with Gasteiger partial charge in [0.05, 0.1) is 35.8 Å². The van der Waals surface area contributed by atoms with Gasteiger partial charge in [-0.05, 0) is 47.6 Å². The van der Waals surface area contributed by atoms with Crippen LogP contribution >= 0.6 is 11.8 Å². The first kappa shape index (κ1) is 29.4. The number of thioether (sulfide) groups is 1. The number of carbonyl (C=O) groups excluding carboxylic acids is 3. The quantitative estimate of drug-likeness (QED) is 0.234. The summed E-state index contributed by atoms with van der Waals surface area (Å²) in [6.45, 7) is 13.8. The fourth-order valence-electron chi connectivity index (χ4n) is 7.27. The molecule has 7 atom stereocenters. The highest BCUT2D eigenvalue weighted by molar-refractivity contribution is 8.02. The van der Waals surface area contributed by atoms with Crippen LogP contribution in [0.1, 0.15) is 33.6 Å². The van der Waals surface area contributed by atoms with Gasteiger partial charge in [-0.15, -0.1) is 24.9 Å². The van der Waals surface area contributed by atoms with Gasteiger partial charge in [0.15, 0.2) is 0 Å². The van der Waals surface area contributed by atoms with Crippen molar-refractivity contribution in [1.29, 1.82) is 0 Å². The van der Waals surface area contributed by atoms with Crippen LogP contribution in [0.25, 0.3) is 10.8 Å². The molecule has 8 heteroatoms. The lowest BCUT2D eigenvalue weighted by Gasteiger charge is -2.42. The Balaban J connectivity index is 1.61. The summed E-state index contributed by atoms with van der Waals surface area (Å²) in [4.78, 5) is 46.1. The van der Waals surface area contributed by atoms with E-state index in [1.807, 2.05) is 56.3 Å². The van der Waals surface area contributed by atoms with Crippen LogP contribution in [0.4, 0.5) is 5.69 Å². The molecular formula is C33H40N2O5S. The van der Waals surface area contributed by atoms with Crippen molar-refractivity contribution in [1.82, 2.24) is 4.90 Å². The van der Waals surface area contributed by atoms with Crippen molar-refractivity contribution in [2.24, 2.45) is 23.7 Å². The molecule has 2 aromatic rings. The molecule has 3 unspecified atom stereocenters. The Morgan fingerprint density at radius 2 is 1.93 bits per heavy atom. The Hall–Kier alpha value is -3.10. The maximum atomic E-state index is 14.9. The third-order valence-electron chi connectivity index (χ3n) is 9.19. The van der Waals surface area contributed by atoms with E-state index in [2.05, 4.69) is 20.1 Å². The van der Waals surface area contributed by atoms with E-state index in [0.717, 1.165) is 22.9 Å². The van der Waals surface area contributed by atoms with Crippen molar-refractivity contribution in [3.8, 4) is 0 Å². The van der Waals surface area contributed by atoms with Crippen LogP contribution in [-0.4, -0.2) is 69.6 Å². The second kappa shape index (κ2) is 11.6. The average Bonchev–Trinajstić information content (AvgIpc) is 3.55. The molecule has 0 aliphatic carbocycles. The molecule has 3 aliphatic heterocycles. The minimum atomic E-state index is -0.845. The summed E-state index contributed by atoms with van der Waals surface area (Å²) in [5.41, 5.74) is 0.719. The van der Waals surface area contributed by atoms with Gasteiger partial charge < -0.3 is 19.6 Å². The van der Waals surface area contributed by atoms with Crippen LogP contribution in [0.5, 0.6) is 0 Å². The average molecular weight is 577 g/mol. The topological polar surface area (TPSA) is 87.1 Å². The fraction of sp³-hybridized carbons (Fsp3) is 0.485. The molecule has 3 fully saturated rings. The molecule has 5 rings (SSSR count). The summed E-state index contributed by atoms with van der Waals surface area (Å²) in [6, 6.07) is 12.5. The molecule has 0 aromatic heterocycles. The van der Waals surface area contributed by atoms with E-state index in [1.165, 1.54) is 0 Å². The number of hydrogen-bond acceptors (Lipinski definition) is 6. The third-order valence-corrected chi connectivity index (χ3v) is 11.3. The zero-order valence-electron chi connectivity index (χ0n) is 24.1. The molecule has 0 saturated carbocycles. The van der Waals surface area contributed by atoms with E-state index in [4.69, 9.17) is 4.74 Å². The third kappa shape index (κ3) is 4.69. The minimum Gasteiger partial charge on any atom is -0.465 e. The molecule has 3 aliphatic rings. The monoisotopic (exact) mass is 576 g/mol. The number of anilines is 1. The molecule has 3 saturated heterocycles. The van der Waals surface area contributed by atoms with Crippen molar-refractivity contribution in [2.75, 3.05) is 24.7 Å². The molecule has 2 amide bonds. The lowest BCUT2D eigenvalue weighted by Crippen LogP contribution is -2.60. The van der Waals surface area contributed by atoms with E-state index >= 15 is 0 Å². The van der Waals surface area contributed by atoms with Gasteiger partial charge in [0.2, 0.25) is 5.91 Å². The van der Waals surface area contributed by atoms with Crippen LogP contribution in [0.3, 0.4) is 0 Å². The van der Waals surface area contributed by atoms with Gasteiger partial charge >= 0.3 is 5.97 Å². The fourth-order valence-corrected chi connectivity index (χ4v) is 9.66. The number of rotatable bonds is 11. The van der Waals surface area contributed by atoms with E-state index in [0.29, 0.717) is 6.42 Å². The molecule has 1 N–H and O–H groups in total. The van der Waals surface area contributed by atoms with E-state index in [9.17, 15) is 19.5 Å². The molecule has 3 heterocycles. The summed E-state index contributed by atoms with van der Waals surface area (Å²) in [5.74, 6) is -2.24. The first-order chi connectivity index (χ1) is 19.7. The Morgan fingerprint density at radius 3 is 2.59 bits per heavy atom. The normalized spacial score (nSPS) is 29.0. The number of likely N-dealkylation sites (tertiary alicyclic amines) is 1. The zero-order valence-corrected chi connectivity index (χ0v) is 24.9. The second-order valence-corrected chi connectivity index (χ2v) is 13.4. The first-order valence-electron chi connectivity index (χ1n) is 14.5. The molecule has 0 radical (unpaired) electrons. The molecule has 2 aromatic carbocycles. The zero-order chi connectivity index (χ0) is 29.5. The Bertz CT molecular complexity index is 1360. The van der Waals surface area contributed by atoms with E-state index < -0.39 is 28.7 Å². The Kier molecular flexibility index (Phi) is 8.35. The number of aliphatic hydroxyl groups excluding tert-OH is 1. The van der Waals surface area contributed by atoms with Crippen LogP contribution in [-0.2, 0) is 19.1 Å². The lowest BCUT2D eigenvalue weighted by molar-refractivity contribution is -0.155. The van der Waals surface area contributed by atoms with Gasteiger partial charge in [0.25, 0.3) is 5.91 Å². The number of esters is 1. The highest BCUT2D eigenvalue weighted by Crippen LogP contribution is 2.69. The van der Waals surface area contributed by atoms with Crippen molar-refractivity contribution in [3.05, 3.63) is 67.8 Å². The minimum absolute atomic E-state index is 0.0105. The molecule has 1 spiro atoms. The highest BCUT2D eigenvalue weighted by Gasteiger charge is 2.77. The largest absolute Gasteiger partial charge is 0.465 e. The van der Waals surface area contributed by atoms with Crippen molar-refractivity contribution >= 4 is 46.0 Å². The molecule has 218 valence electrons. The van der Waals surface area contributed by atoms with Crippen molar-refractivity contribution in [2.45, 2.75) is 55.7 Å². The SMILES string of the molecule is C=CCCOC(=O)[C@@H]1[C@H]2C(=O)N([C@@H](CO)C(C)C)C(C(=O)N(CC=C)c3ccc4ccccc4c3)C23S[C@@H]1CC3C. The highest BCUT2D eigenvalue weighted by atomic mass is 32.2. The summed E-state index contributed by atoms with van der Waals surface area (Å²) in [7, 11) is 0. The number of fused-ring (bicyclic) bond motifs is 2. The summed E-state index contributed by atoms with van der Waals surface area (Å²) < 4.78 is 4.81. The number of amides is 2. The second-order valence-electron chi connectivity index (χ2n) is 11.8. The van der Waals surface area contributed by atoms with Gasteiger partial charge in [-0.25, -0.2) is 0 Å². The number of ether oxygens (including phenoxy) is 1. The number of nitrogens with zero attached hydrogens (tertiary/aromatic N) is 2. The standard InChI is InChI=1S/C33H40N2O5S/c1-6-8-16-40-32(39)27-26-17-21(5)33(41-26)28(27)30(37)35(25(19-36)20(3)4)29(33)31(38)34(15-7-2)24-14-13-22-11-9-10-12-23(22)18-24/h6-7,9-14,18,20-21,25-29,36H,1-2,8,15-17,19H2,3-5H3/t21?,25-,26+,27-,28-,29?,33?/m0/s1. The number of benzene rings is 2. The molecular weight excluding hydrogens is 536 g/mol.